The minimum Gasteiger partial charge on any atom is -0.454 e. The van der Waals surface area contributed by atoms with Gasteiger partial charge in [0.25, 0.3) is 5.56 Å². The molecule has 3 aromatic heterocycles. The number of benzene rings is 2. The lowest BCUT2D eigenvalue weighted by molar-refractivity contribution is -0.139. The molecule has 0 saturated carbocycles. The van der Waals surface area contributed by atoms with Crippen LogP contribution in [0.2, 0.25) is 0 Å². The molecule has 5 rings (SSSR count). The molecule has 0 radical (unpaired) electrons. The van der Waals surface area contributed by atoms with Crippen LogP contribution in [-0.2, 0) is 16.1 Å². The highest BCUT2D eigenvalue weighted by atomic mass is 32.1. The van der Waals surface area contributed by atoms with Crippen LogP contribution in [0.4, 0.5) is 0 Å². The normalized spacial score (nSPS) is 11.5. The van der Waals surface area contributed by atoms with Crippen LogP contribution >= 0.6 is 22.7 Å². The van der Waals surface area contributed by atoms with E-state index in [0.29, 0.717) is 16.0 Å². The number of hydrogen-bond acceptors (Lipinski definition) is 7. The van der Waals surface area contributed by atoms with Gasteiger partial charge in [0.1, 0.15) is 22.3 Å². The first-order valence-electron chi connectivity index (χ1n) is 9.43. The highest BCUT2D eigenvalue weighted by Gasteiger charge is 2.13. The Morgan fingerprint density at radius 2 is 1.87 bits per heavy atom. The molecule has 0 aliphatic heterocycles. The third-order valence-corrected chi connectivity index (χ3v) is 6.48. The van der Waals surface area contributed by atoms with Crippen molar-refractivity contribution in [2.45, 2.75) is 6.61 Å². The zero-order chi connectivity index (χ0) is 21.2. The summed E-state index contributed by atoms with van der Waals surface area (Å²) < 4.78 is 6.29. The van der Waals surface area contributed by atoms with Gasteiger partial charge in [0.05, 0.1) is 15.6 Å². The largest absolute Gasteiger partial charge is 0.454 e. The molecule has 5 aromatic rings. The Balaban J connectivity index is 1.30. The van der Waals surface area contributed by atoms with Crippen molar-refractivity contribution in [2.75, 3.05) is 0 Å². The molecular weight excluding hydrogens is 430 g/mol. The van der Waals surface area contributed by atoms with E-state index in [2.05, 4.69) is 15.0 Å². The number of H-pyrrole nitrogens is 1. The maximum atomic E-state index is 12.6. The first-order valence-corrected chi connectivity index (χ1v) is 11.1. The van der Waals surface area contributed by atoms with E-state index in [9.17, 15) is 9.59 Å². The van der Waals surface area contributed by atoms with E-state index in [1.54, 1.807) is 6.08 Å². The van der Waals surface area contributed by atoms with E-state index in [1.807, 2.05) is 60.0 Å². The number of ether oxygens (including phenoxy) is 1. The summed E-state index contributed by atoms with van der Waals surface area (Å²) in [6, 6.07) is 17.5. The third kappa shape index (κ3) is 4.03. The first kappa shape index (κ1) is 19.3. The Morgan fingerprint density at radius 3 is 2.71 bits per heavy atom. The number of aromatic nitrogens is 3. The summed E-state index contributed by atoms with van der Waals surface area (Å²) in [4.78, 5) is 37.0. The number of aromatic amines is 1. The van der Waals surface area contributed by atoms with Crippen molar-refractivity contribution in [3.63, 3.8) is 0 Å². The predicted octanol–water partition coefficient (Wildman–Crippen LogP) is 5.02. The van der Waals surface area contributed by atoms with Crippen LogP contribution in [0.3, 0.4) is 0 Å². The number of carbonyl (C=O) groups is 1. The lowest BCUT2D eigenvalue weighted by Gasteiger charge is -2.03. The van der Waals surface area contributed by atoms with Crippen molar-refractivity contribution in [1.82, 2.24) is 15.0 Å². The van der Waals surface area contributed by atoms with Crippen molar-refractivity contribution in [3.05, 3.63) is 87.2 Å². The number of thiophene rings is 1. The van der Waals surface area contributed by atoms with Crippen molar-refractivity contribution < 1.29 is 9.53 Å². The van der Waals surface area contributed by atoms with Crippen molar-refractivity contribution in [3.8, 4) is 11.1 Å². The maximum absolute atomic E-state index is 12.6. The molecule has 2 aromatic carbocycles. The molecule has 6 nitrogen and oxygen atoms in total. The van der Waals surface area contributed by atoms with Gasteiger partial charge in [-0.15, -0.1) is 22.7 Å². The first-order chi connectivity index (χ1) is 15.2. The van der Waals surface area contributed by atoms with Crippen LogP contribution in [0.15, 0.2) is 70.8 Å². The molecule has 0 fully saturated rings. The molecule has 3 heterocycles. The summed E-state index contributed by atoms with van der Waals surface area (Å²) >= 11 is 2.88. The molecule has 0 bridgehead atoms. The van der Waals surface area contributed by atoms with E-state index < -0.39 is 5.97 Å². The number of carbonyl (C=O) groups excluding carboxylic acids is 1. The highest BCUT2D eigenvalue weighted by Crippen LogP contribution is 2.30. The summed E-state index contributed by atoms with van der Waals surface area (Å²) in [5.74, 6) is -0.223. The Hall–Kier alpha value is -3.62. The number of esters is 1. The fourth-order valence-electron chi connectivity index (χ4n) is 3.18. The van der Waals surface area contributed by atoms with Gasteiger partial charge in [-0.1, -0.05) is 42.5 Å². The van der Waals surface area contributed by atoms with Crippen molar-refractivity contribution >= 4 is 55.2 Å². The summed E-state index contributed by atoms with van der Waals surface area (Å²) in [6.45, 7) is -0.118. The van der Waals surface area contributed by atoms with Gasteiger partial charge in [-0.3, -0.25) is 4.79 Å². The molecule has 0 atom stereocenters. The Morgan fingerprint density at radius 1 is 1.06 bits per heavy atom. The molecular formula is C23H15N3O3S2. The smallest absolute Gasteiger partial charge is 0.331 e. The van der Waals surface area contributed by atoms with Gasteiger partial charge in [-0.2, -0.15) is 0 Å². The molecule has 31 heavy (non-hydrogen) atoms. The Labute approximate surface area is 184 Å². The lowest BCUT2D eigenvalue weighted by Crippen LogP contribution is -2.13. The Bertz CT molecular complexity index is 1450. The summed E-state index contributed by atoms with van der Waals surface area (Å²) in [7, 11) is 0. The van der Waals surface area contributed by atoms with Crippen LogP contribution in [0.25, 0.3) is 37.6 Å². The number of hydrogen-bond donors (Lipinski definition) is 1. The topological polar surface area (TPSA) is 84.9 Å². The number of rotatable bonds is 5. The highest BCUT2D eigenvalue weighted by molar-refractivity contribution is 7.19. The SMILES string of the molecule is O=C(/C=C/c1nc2ccccc2s1)OCc1nc2scc(-c3ccccc3)c2c(=O)[nH]1. The number of nitrogens with zero attached hydrogens (tertiary/aromatic N) is 2. The monoisotopic (exact) mass is 445 g/mol. The summed E-state index contributed by atoms with van der Waals surface area (Å²) in [6.07, 6.45) is 2.95. The zero-order valence-electron chi connectivity index (χ0n) is 16.1. The van der Waals surface area contributed by atoms with E-state index in [-0.39, 0.29) is 12.2 Å². The number of fused-ring (bicyclic) bond motifs is 2. The van der Waals surface area contributed by atoms with Crippen LogP contribution in [0.1, 0.15) is 10.8 Å². The zero-order valence-corrected chi connectivity index (χ0v) is 17.7. The predicted molar refractivity (Wildman–Crippen MR) is 124 cm³/mol. The fraction of sp³-hybridized carbons (Fsp3) is 0.0435. The standard InChI is InChI=1S/C23H15N3O3S2/c27-20(11-10-19-24-16-8-4-5-9-17(16)31-19)29-12-18-25-22(28)21-15(13-30-23(21)26-18)14-6-2-1-3-7-14/h1-11,13H,12H2,(H,25,26,28)/b11-10+. The number of thiazole rings is 1. The molecule has 0 aliphatic carbocycles. The molecule has 0 spiro atoms. The van der Waals surface area contributed by atoms with E-state index in [4.69, 9.17) is 4.74 Å². The number of nitrogens with one attached hydrogen (secondary N) is 1. The second kappa shape index (κ2) is 8.25. The van der Waals surface area contributed by atoms with Gasteiger partial charge < -0.3 is 9.72 Å². The third-order valence-electron chi connectivity index (χ3n) is 4.60. The lowest BCUT2D eigenvalue weighted by atomic mass is 10.1. The van der Waals surface area contributed by atoms with Crippen molar-refractivity contribution in [2.24, 2.45) is 0 Å². The van der Waals surface area contributed by atoms with Crippen molar-refractivity contribution in [1.29, 1.82) is 0 Å². The summed E-state index contributed by atoms with van der Waals surface area (Å²) in [5.41, 5.74) is 2.44. The van der Waals surface area contributed by atoms with Gasteiger partial charge >= 0.3 is 5.97 Å². The van der Waals surface area contributed by atoms with E-state index in [1.165, 1.54) is 28.7 Å². The molecule has 0 saturated heterocycles. The molecule has 0 amide bonds. The minimum absolute atomic E-state index is 0.118. The Kier molecular flexibility index (Phi) is 5.15. The van der Waals surface area contributed by atoms with Gasteiger partial charge in [-0.25, -0.2) is 14.8 Å². The van der Waals surface area contributed by atoms with Crippen LogP contribution in [0, 0.1) is 0 Å². The molecule has 0 aliphatic rings. The molecule has 1 N–H and O–H groups in total. The maximum Gasteiger partial charge on any atom is 0.331 e. The molecule has 0 unspecified atom stereocenters. The second-order valence-electron chi connectivity index (χ2n) is 6.67. The minimum atomic E-state index is -0.529. The van der Waals surface area contributed by atoms with Gasteiger partial charge in [0, 0.05) is 17.0 Å². The summed E-state index contributed by atoms with van der Waals surface area (Å²) in [5, 5.41) is 3.18. The molecule has 8 heteroatoms. The fourth-order valence-corrected chi connectivity index (χ4v) is 5.02. The van der Waals surface area contributed by atoms with Gasteiger partial charge in [0.2, 0.25) is 0 Å². The average molecular weight is 446 g/mol. The van der Waals surface area contributed by atoms with E-state index in [0.717, 1.165) is 26.4 Å². The second-order valence-corrected chi connectivity index (χ2v) is 8.59. The van der Waals surface area contributed by atoms with Gasteiger partial charge in [-0.05, 0) is 23.8 Å². The van der Waals surface area contributed by atoms with E-state index >= 15 is 0 Å². The van der Waals surface area contributed by atoms with Gasteiger partial charge in [0.15, 0.2) is 0 Å². The molecule has 152 valence electrons. The average Bonchev–Trinajstić information content (AvgIpc) is 3.41. The quantitative estimate of drug-likeness (QED) is 0.303. The number of para-hydroxylation sites is 1. The van der Waals surface area contributed by atoms with Crippen LogP contribution < -0.4 is 5.56 Å². The van der Waals surface area contributed by atoms with Crippen LogP contribution in [-0.4, -0.2) is 20.9 Å². The van der Waals surface area contributed by atoms with Crippen LogP contribution in [0.5, 0.6) is 0 Å².